The van der Waals surface area contributed by atoms with Gasteiger partial charge in [-0.1, -0.05) is 128 Å². The molecule has 0 bridgehead atoms. The van der Waals surface area contributed by atoms with Gasteiger partial charge in [0.15, 0.2) is 11.6 Å². The molecule has 0 saturated carbocycles. The first-order chi connectivity index (χ1) is 70.7. The number of piperidine rings is 6. The van der Waals surface area contributed by atoms with Gasteiger partial charge >= 0.3 is 0 Å². The number of hydrogen-bond donors (Lipinski definition) is 2. The van der Waals surface area contributed by atoms with E-state index in [4.69, 9.17) is 0 Å². The highest BCUT2D eigenvalue weighted by Gasteiger charge is 2.30. The van der Waals surface area contributed by atoms with Gasteiger partial charge in [-0.25, -0.2) is 30.7 Å². The van der Waals surface area contributed by atoms with Crippen molar-refractivity contribution in [1.29, 1.82) is 0 Å². The highest BCUT2D eigenvalue weighted by atomic mass is 19.2. The lowest BCUT2D eigenvalue weighted by atomic mass is 9.82. The fraction of sp³-hybridized carbons (Fsp3) is 0.280. The van der Waals surface area contributed by atoms with Crippen LogP contribution in [-0.2, 0) is 0 Å². The molecule has 18 rings (SSSR count). The summed E-state index contributed by atoms with van der Waals surface area (Å²) in [5.74, 6) is 33.3. The molecule has 0 aliphatic carbocycles. The monoisotopic (exact) mass is 1960 g/mol. The zero-order chi connectivity index (χ0) is 103. The minimum Gasteiger partial charge on any atom is -0.396 e. The van der Waals surface area contributed by atoms with Gasteiger partial charge in [-0.3, -0.25) is 28.8 Å². The van der Waals surface area contributed by atoms with Gasteiger partial charge in [0.2, 0.25) is 0 Å². The van der Waals surface area contributed by atoms with Crippen LogP contribution in [0.15, 0.2) is 285 Å². The molecule has 14 nitrogen and oxygen atoms in total. The molecule has 12 aromatic carbocycles. The van der Waals surface area contributed by atoms with Crippen LogP contribution in [-0.4, -0.2) is 167 Å². The predicted molar refractivity (Wildman–Crippen MR) is 557 cm³/mol. The van der Waals surface area contributed by atoms with Crippen LogP contribution in [0.2, 0.25) is 0 Å². The molecule has 0 aromatic heterocycles. The lowest BCUT2D eigenvalue weighted by molar-refractivity contribution is 0.0626. The summed E-state index contributed by atoms with van der Waals surface area (Å²) in [6.07, 6.45) is 14.3. The van der Waals surface area contributed by atoms with Gasteiger partial charge in [-0.2, -0.15) is 0 Å². The standard InChI is InChI=1S/C22H22FNO.2C21H20FNO2.C21H20FNO.C20H17F2NO.C20H18FNO/c1-22(2)13-15-24(16-14-22)21(25)19-11-8-17(9-12-19)7-10-18-5-3-4-6-20(18)23;22-20-9-5-17(6-10-20)2-1-16-3-7-19(8-4-16)21(25)23-13-11-18(15-24)12-14-23;22-20-4-2-1-3-18(20)8-5-16-6-9-19(10-7-16)21(25)23-13-11-17(15-24)12-14-23;1-16-12-14-23(15-13-16)21(24)19-10-7-17(8-11-19)6-9-18-4-2-3-5-20(18)22;21-18-11-8-16(14-19(18)22)5-4-15-6-9-17(10-7-15)20(24)23-12-2-1-3-13-23;21-19-12-8-17(9-13-19)5-4-16-6-10-18(11-7-16)20(23)22-14-2-1-3-15-22/h3-6,8-9,11-12H,13-16H2,1-2H3;3-10,18,24H,11-15H2;1-4,6-7,9-10,17,24H,11-15H2;2-5,7-8,10-11,16H,12-15H2,1H3;6-11,14H,1-3,12-13H2;6-13H,1-3,14-15H2. The number of amides is 6. The molecule has 744 valence electrons. The van der Waals surface area contributed by atoms with Crippen molar-refractivity contribution in [3.8, 4) is 71.0 Å². The Kier molecular flexibility index (Phi) is 40.2. The van der Waals surface area contributed by atoms with Crippen molar-refractivity contribution in [3.63, 3.8) is 0 Å². The minimum absolute atomic E-state index is 0.00463. The molecule has 0 unspecified atom stereocenters. The molecule has 6 fully saturated rings. The van der Waals surface area contributed by atoms with Crippen LogP contribution in [0.4, 0.5) is 30.7 Å². The maximum Gasteiger partial charge on any atom is 0.253 e. The molecule has 6 amide bonds. The van der Waals surface area contributed by atoms with E-state index >= 15 is 0 Å². The van der Waals surface area contributed by atoms with Crippen LogP contribution in [0.1, 0.15) is 240 Å². The van der Waals surface area contributed by atoms with E-state index in [1.54, 1.807) is 164 Å². The summed E-state index contributed by atoms with van der Waals surface area (Å²) in [5.41, 5.74) is 12.0. The number of carbonyl (C=O) groups is 6. The Balaban J connectivity index is 0.000000147. The second-order valence-corrected chi connectivity index (χ2v) is 37.5. The van der Waals surface area contributed by atoms with Crippen molar-refractivity contribution >= 4 is 35.4 Å². The molecule has 6 aliphatic heterocycles. The lowest BCUT2D eigenvalue weighted by Crippen LogP contribution is -2.41. The summed E-state index contributed by atoms with van der Waals surface area (Å²) in [6.45, 7) is 16.5. The van der Waals surface area contributed by atoms with E-state index in [1.807, 2.05) is 90.1 Å². The third-order valence-electron chi connectivity index (χ3n) is 26.2. The second-order valence-electron chi connectivity index (χ2n) is 37.5. The Morgan fingerprint density at radius 2 is 0.473 bits per heavy atom. The Hall–Kier alpha value is -15.8. The zero-order valence-electron chi connectivity index (χ0n) is 82.3. The first kappa shape index (κ1) is 108. The quantitative estimate of drug-likeness (QED) is 0.112. The molecule has 6 saturated heterocycles. The Morgan fingerprint density at radius 1 is 0.253 bits per heavy atom. The summed E-state index contributed by atoms with van der Waals surface area (Å²) < 4.78 is 92.4. The summed E-state index contributed by atoms with van der Waals surface area (Å²) in [6, 6.07) is 78.1. The van der Waals surface area contributed by atoms with E-state index < -0.39 is 11.6 Å². The molecule has 2 N–H and O–H groups in total. The van der Waals surface area contributed by atoms with Gasteiger partial charge < -0.3 is 39.6 Å². The Bertz CT molecular complexity index is 6850. The Morgan fingerprint density at radius 3 is 0.726 bits per heavy atom. The fourth-order valence-corrected chi connectivity index (χ4v) is 16.8. The predicted octanol–water partition coefficient (Wildman–Crippen LogP) is 22.6. The third-order valence-corrected chi connectivity index (χ3v) is 26.2. The summed E-state index contributed by atoms with van der Waals surface area (Å²) in [7, 11) is 0. The van der Waals surface area contributed by atoms with Crippen molar-refractivity contribution in [2.24, 2.45) is 23.2 Å². The summed E-state index contributed by atoms with van der Waals surface area (Å²) >= 11 is 0. The molecule has 0 radical (unpaired) electrons. The van der Waals surface area contributed by atoms with Crippen LogP contribution in [0.5, 0.6) is 0 Å². The maximum atomic E-state index is 13.6. The van der Waals surface area contributed by atoms with Gasteiger partial charge in [0.05, 0.1) is 16.7 Å². The second kappa shape index (κ2) is 54.6. The van der Waals surface area contributed by atoms with E-state index in [9.17, 15) is 69.7 Å². The molecule has 6 heterocycles. The maximum absolute atomic E-state index is 13.6. The molecule has 21 heteroatoms. The number of aliphatic hydroxyl groups is 2. The molecular weight excluding hydrogens is 1850 g/mol. The molecular formula is C125H117F7N6O8. The first-order valence-electron chi connectivity index (χ1n) is 49.7. The van der Waals surface area contributed by atoms with E-state index in [0.29, 0.717) is 105 Å². The third kappa shape index (κ3) is 33.2. The molecule has 12 aromatic rings. The number of halogens is 7. The van der Waals surface area contributed by atoms with Gasteiger partial charge in [0.25, 0.3) is 35.4 Å². The largest absolute Gasteiger partial charge is 0.396 e. The van der Waals surface area contributed by atoms with Crippen LogP contribution >= 0.6 is 0 Å². The van der Waals surface area contributed by atoms with E-state index in [-0.39, 0.29) is 77.7 Å². The van der Waals surface area contributed by atoms with Gasteiger partial charge in [-0.15, -0.1) is 0 Å². The fourth-order valence-electron chi connectivity index (χ4n) is 16.8. The normalized spacial score (nSPS) is 14.7. The van der Waals surface area contributed by atoms with Gasteiger partial charge in [0.1, 0.15) is 29.1 Å². The highest BCUT2D eigenvalue weighted by molar-refractivity contribution is 5.97. The van der Waals surface area contributed by atoms with E-state index in [1.165, 1.54) is 61.4 Å². The number of nitrogens with zero attached hydrogens (tertiary/aromatic N) is 6. The van der Waals surface area contributed by atoms with Crippen molar-refractivity contribution < 1.29 is 69.7 Å². The van der Waals surface area contributed by atoms with Crippen molar-refractivity contribution in [2.45, 2.75) is 111 Å². The topological polar surface area (TPSA) is 162 Å². The SMILES string of the molecule is CC1(C)CCN(C(=O)c2ccc(C#Cc3ccccc3F)cc2)CC1.CC1CCN(C(=O)c2ccc(C#Cc3ccccc3F)cc2)CC1.O=C(c1ccc(C#Cc2ccc(F)c(F)c2)cc1)N1CCCCC1.O=C(c1ccc(C#Cc2ccc(F)cc2)cc1)N1CCC(CO)CC1.O=C(c1ccc(C#Cc2ccc(F)cc2)cc1)N1CCCCC1.O=C(c1ccc(C#Cc2ccccc2F)cc1)N1CCC(CO)CC1. The number of hydrogen-bond acceptors (Lipinski definition) is 8. The molecule has 0 atom stereocenters. The number of carbonyl (C=O) groups excluding carboxylic acids is 6. The van der Waals surface area contributed by atoms with E-state index in [0.717, 1.165) is 186 Å². The number of rotatable bonds is 8. The first-order valence-corrected chi connectivity index (χ1v) is 49.7. The average Bonchev–Trinajstić information content (AvgIpc) is 0.808. The van der Waals surface area contributed by atoms with E-state index in [2.05, 4.69) is 91.8 Å². The minimum atomic E-state index is -0.913. The van der Waals surface area contributed by atoms with Crippen molar-refractivity contribution in [1.82, 2.24) is 29.4 Å². The van der Waals surface area contributed by atoms with Gasteiger partial charge in [-0.05, 0) is 362 Å². The highest BCUT2D eigenvalue weighted by Crippen LogP contribution is 2.32. The lowest BCUT2D eigenvalue weighted by Gasteiger charge is -2.36. The molecule has 6 aliphatic rings. The Labute approximate surface area is 852 Å². The molecule has 146 heavy (non-hydrogen) atoms. The van der Waals surface area contributed by atoms with Crippen LogP contribution < -0.4 is 0 Å². The van der Waals surface area contributed by atoms with Crippen molar-refractivity contribution in [2.75, 3.05) is 91.8 Å². The van der Waals surface area contributed by atoms with Gasteiger partial charge in [0, 0.05) is 175 Å². The number of likely N-dealkylation sites (tertiary alicyclic amines) is 6. The van der Waals surface area contributed by atoms with Crippen LogP contribution in [0.3, 0.4) is 0 Å². The number of aliphatic hydroxyl groups excluding tert-OH is 2. The average molecular weight is 1960 g/mol. The molecule has 0 spiro atoms. The summed E-state index contributed by atoms with van der Waals surface area (Å²) in [5, 5.41) is 18.3. The smallest absolute Gasteiger partial charge is 0.253 e. The van der Waals surface area contributed by atoms with Crippen LogP contribution in [0, 0.1) is 135 Å². The van der Waals surface area contributed by atoms with Crippen molar-refractivity contribution in [3.05, 3.63) is 426 Å². The summed E-state index contributed by atoms with van der Waals surface area (Å²) in [4.78, 5) is 86.1. The van der Waals surface area contributed by atoms with Crippen LogP contribution in [0.25, 0.3) is 0 Å². The number of benzene rings is 12. The zero-order valence-corrected chi connectivity index (χ0v) is 82.3.